The highest BCUT2D eigenvalue weighted by atomic mass is 19.4. The van der Waals surface area contributed by atoms with E-state index < -0.39 is 29.1 Å². The van der Waals surface area contributed by atoms with Crippen molar-refractivity contribution in [3.8, 4) is 0 Å². The summed E-state index contributed by atoms with van der Waals surface area (Å²) in [6.45, 7) is 2.16. The van der Waals surface area contributed by atoms with Crippen LogP contribution in [0, 0.1) is 6.92 Å². The third-order valence-electron chi connectivity index (χ3n) is 4.26. The second kappa shape index (κ2) is 7.33. The van der Waals surface area contributed by atoms with Gasteiger partial charge in [0.15, 0.2) is 0 Å². The molecule has 0 bridgehead atoms. The number of alkyl halides is 6. The Bertz CT molecular complexity index is 992. The molecule has 0 saturated carbocycles. The summed E-state index contributed by atoms with van der Waals surface area (Å²) in [6.07, 6.45) is -9.53. The number of aromatic nitrogens is 1. The van der Waals surface area contributed by atoms with Gasteiger partial charge in [0.05, 0.1) is 11.1 Å². The molecule has 3 aromatic rings. The van der Waals surface area contributed by atoms with Crippen molar-refractivity contribution in [1.82, 2.24) is 4.98 Å². The minimum Gasteiger partial charge on any atom is -0.385 e. The van der Waals surface area contributed by atoms with Crippen LogP contribution in [0.3, 0.4) is 0 Å². The topological polar surface area (TPSA) is 24.9 Å². The van der Waals surface area contributed by atoms with Crippen LogP contribution in [0.2, 0.25) is 0 Å². The minimum absolute atomic E-state index is 0.0638. The largest absolute Gasteiger partial charge is 0.433 e. The average Bonchev–Trinajstić information content (AvgIpc) is 2.59. The van der Waals surface area contributed by atoms with Crippen LogP contribution in [-0.4, -0.2) is 11.5 Å². The number of hydrogen-bond donors (Lipinski definition) is 1. The van der Waals surface area contributed by atoms with Crippen molar-refractivity contribution in [3.05, 3.63) is 70.9 Å². The Kier molecular flexibility index (Phi) is 5.23. The summed E-state index contributed by atoms with van der Waals surface area (Å²) in [5.74, 6) is 0. The summed E-state index contributed by atoms with van der Waals surface area (Å²) >= 11 is 0. The van der Waals surface area contributed by atoms with Crippen LogP contribution in [0.5, 0.6) is 0 Å². The molecule has 3 rings (SSSR count). The number of nitrogens with one attached hydrogen (secondary N) is 1. The highest BCUT2D eigenvalue weighted by Gasteiger charge is 2.37. The van der Waals surface area contributed by atoms with Gasteiger partial charge in [-0.05, 0) is 48.7 Å². The minimum atomic E-state index is -4.84. The van der Waals surface area contributed by atoms with Gasteiger partial charge in [-0.3, -0.25) is 0 Å². The predicted molar refractivity (Wildman–Crippen MR) is 95.1 cm³/mol. The molecule has 0 spiro atoms. The van der Waals surface area contributed by atoms with Gasteiger partial charge < -0.3 is 5.32 Å². The van der Waals surface area contributed by atoms with E-state index in [1.54, 1.807) is 6.07 Å². The lowest BCUT2D eigenvalue weighted by Crippen LogP contribution is -2.14. The fraction of sp³-hybridized carbons (Fsp3) is 0.250. The molecule has 0 aliphatic carbocycles. The lowest BCUT2D eigenvalue weighted by Gasteiger charge is -2.16. The van der Waals surface area contributed by atoms with Crippen molar-refractivity contribution in [2.75, 3.05) is 11.9 Å². The molecule has 0 saturated heterocycles. The molecule has 2 aromatic carbocycles. The van der Waals surface area contributed by atoms with Crippen molar-refractivity contribution in [2.24, 2.45) is 0 Å². The van der Waals surface area contributed by atoms with Crippen LogP contribution in [0.4, 0.5) is 32.0 Å². The molecule has 0 fully saturated rings. The highest BCUT2D eigenvalue weighted by Crippen LogP contribution is 2.37. The van der Waals surface area contributed by atoms with Crippen molar-refractivity contribution in [1.29, 1.82) is 0 Å². The molecule has 0 aliphatic heterocycles. The maximum Gasteiger partial charge on any atom is 0.433 e. The van der Waals surface area contributed by atoms with Gasteiger partial charge in [0.1, 0.15) is 5.69 Å². The Morgan fingerprint density at radius 1 is 0.893 bits per heavy atom. The van der Waals surface area contributed by atoms with Crippen molar-refractivity contribution in [3.63, 3.8) is 0 Å². The monoisotopic (exact) mass is 398 g/mol. The normalized spacial score (nSPS) is 12.4. The molecule has 0 amide bonds. The molecular formula is C20H16F6N2. The van der Waals surface area contributed by atoms with Gasteiger partial charge in [-0.25, -0.2) is 4.98 Å². The quantitative estimate of drug-likeness (QED) is 0.527. The van der Waals surface area contributed by atoms with E-state index in [2.05, 4.69) is 10.3 Å². The zero-order valence-electron chi connectivity index (χ0n) is 14.7. The first-order chi connectivity index (χ1) is 13.1. The number of fused-ring (bicyclic) bond motifs is 1. The second-order valence-corrected chi connectivity index (χ2v) is 6.41. The fourth-order valence-corrected chi connectivity index (χ4v) is 3.00. The van der Waals surface area contributed by atoms with E-state index >= 15 is 0 Å². The van der Waals surface area contributed by atoms with Gasteiger partial charge in [0, 0.05) is 17.6 Å². The summed E-state index contributed by atoms with van der Waals surface area (Å²) in [5, 5.41) is 3.14. The molecule has 2 nitrogen and oxygen atoms in total. The molecular weight excluding hydrogens is 382 g/mol. The van der Waals surface area contributed by atoms with E-state index in [1.807, 2.05) is 25.1 Å². The Balaban J connectivity index is 2.00. The molecule has 1 aromatic heterocycles. The van der Waals surface area contributed by atoms with Crippen molar-refractivity contribution >= 4 is 16.6 Å². The van der Waals surface area contributed by atoms with Gasteiger partial charge in [-0.1, -0.05) is 24.3 Å². The second-order valence-electron chi connectivity index (χ2n) is 6.41. The van der Waals surface area contributed by atoms with Gasteiger partial charge in [0.2, 0.25) is 0 Å². The van der Waals surface area contributed by atoms with Crippen LogP contribution < -0.4 is 5.32 Å². The van der Waals surface area contributed by atoms with E-state index in [0.29, 0.717) is 0 Å². The average molecular weight is 398 g/mol. The number of halogens is 6. The van der Waals surface area contributed by atoms with E-state index in [9.17, 15) is 26.3 Å². The number of hydrogen-bond acceptors (Lipinski definition) is 2. The van der Waals surface area contributed by atoms with Crippen LogP contribution in [0.1, 0.15) is 22.4 Å². The summed E-state index contributed by atoms with van der Waals surface area (Å²) in [7, 11) is 0. The van der Waals surface area contributed by atoms with Gasteiger partial charge in [0.25, 0.3) is 0 Å². The standard InChI is InChI=1S/C20H16F6N2/c1-12-4-2-5-14(10-12)27-9-8-13-11-17(20(24,25)26)28-18-15(13)6-3-7-16(18)19(21,22)23/h2-7,10-11,27H,8-9H2,1H3. The number of nitrogens with zero attached hydrogens (tertiary/aromatic N) is 1. The smallest absolute Gasteiger partial charge is 0.385 e. The number of para-hydroxylation sites is 1. The maximum absolute atomic E-state index is 13.3. The number of aryl methyl sites for hydroxylation is 1. The number of rotatable bonds is 4. The Hall–Kier alpha value is -2.77. The fourth-order valence-electron chi connectivity index (χ4n) is 3.00. The van der Waals surface area contributed by atoms with Crippen LogP contribution in [0.25, 0.3) is 10.9 Å². The molecule has 0 aliphatic rings. The van der Waals surface area contributed by atoms with Crippen molar-refractivity contribution in [2.45, 2.75) is 25.7 Å². The maximum atomic E-state index is 13.3. The first kappa shape index (κ1) is 20.0. The Labute approximate surface area is 157 Å². The lowest BCUT2D eigenvalue weighted by molar-refractivity contribution is -0.142. The van der Waals surface area contributed by atoms with Gasteiger partial charge >= 0.3 is 12.4 Å². The Morgan fingerprint density at radius 3 is 2.25 bits per heavy atom. The number of benzene rings is 2. The van der Waals surface area contributed by atoms with E-state index in [1.165, 1.54) is 12.1 Å². The van der Waals surface area contributed by atoms with Gasteiger partial charge in [-0.15, -0.1) is 0 Å². The Morgan fingerprint density at radius 2 is 1.61 bits per heavy atom. The van der Waals surface area contributed by atoms with Crippen LogP contribution in [0.15, 0.2) is 48.5 Å². The predicted octanol–water partition coefficient (Wildman–Crippen LogP) is 6.24. The van der Waals surface area contributed by atoms with Gasteiger partial charge in [-0.2, -0.15) is 26.3 Å². The first-order valence-corrected chi connectivity index (χ1v) is 8.43. The zero-order valence-corrected chi connectivity index (χ0v) is 14.7. The molecule has 0 radical (unpaired) electrons. The molecule has 1 N–H and O–H groups in total. The SMILES string of the molecule is Cc1cccc(NCCc2cc(C(F)(F)F)nc3c(C(F)(F)F)cccc23)c1. The zero-order chi connectivity index (χ0) is 20.5. The summed E-state index contributed by atoms with van der Waals surface area (Å²) in [6, 6.07) is 11.5. The van der Waals surface area contributed by atoms with E-state index in [-0.39, 0.29) is 23.9 Å². The molecule has 0 unspecified atom stereocenters. The molecule has 0 atom stereocenters. The highest BCUT2D eigenvalue weighted by molar-refractivity contribution is 5.86. The summed E-state index contributed by atoms with van der Waals surface area (Å²) in [5.41, 5.74) is -1.25. The van der Waals surface area contributed by atoms with E-state index in [0.717, 1.165) is 23.4 Å². The number of anilines is 1. The molecule has 1 heterocycles. The molecule has 8 heteroatoms. The number of pyridine rings is 1. The summed E-state index contributed by atoms with van der Waals surface area (Å²) in [4.78, 5) is 3.29. The molecule has 28 heavy (non-hydrogen) atoms. The van der Waals surface area contributed by atoms with Crippen LogP contribution >= 0.6 is 0 Å². The van der Waals surface area contributed by atoms with E-state index in [4.69, 9.17) is 0 Å². The third kappa shape index (κ3) is 4.37. The third-order valence-corrected chi connectivity index (χ3v) is 4.26. The lowest BCUT2D eigenvalue weighted by atomic mass is 10.0. The van der Waals surface area contributed by atoms with Crippen LogP contribution in [-0.2, 0) is 18.8 Å². The summed E-state index contributed by atoms with van der Waals surface area (Å²) < 4.78 is 79.4. The first-order valence-electron chi connectivity index (χ1n) is 8.43. The molecule has 148 valence electrons. The van der Waals surface area contributed by atoms with Crippen molar-refractivity contribution < 1.29 is 26.3 Å².